The number of aryl methyl sites for hydroxylation is 2. The number of hydrogen-bond acceptors (Lipinski definition) is 6. The first-order valence-corrected chi connectivity index (χ1v) is 7.22. The monoisotopic (exact) mass is 284 g/mol. The summed E-state index contributed by atoms with van der Waals surface area (Å²) in [4.78, 5) is 21.8. The van der Waals surface area contributed by atoms with Gasteiger partial charge in [0.15, 0.2) is 0 Å². The topological polar surface area (TPSA) is 58.0 Å². The molecule has 3 rings (SSSR count). The molecule has 0 aromatic carbocycles. The highest BCUT2D eigenvalue weighted by atomic mass is 15.3. The maximum absolute atomic E-state index is 4.45. The van der Waals surface area contributed by atoms with Crippen LogP contribution < -0.4 is 9.80 Å². The van der Waals surface area contributed by atoms with Crippen LogP contribution in [0, 0.1) is 20.8 Å². The van der Waals surface area contributed by atoms with Crippen LogP contribution in [0.25, 0.3) is 0 Å². The molecule has 1 saturated heterocycles. The van der Waals surface area contributed by atoms with Gasteiger partial charge < -0.3 is 9.80 Å². The van der Waals surface area contributed by atoms with Crippen molar-refractivity contribution in [1.82, 2.24) is 19.9 Å². The Morgan fingerprint density at radius 3 is 2.19 bits per heavy atom. The van der Waals surface area contributed by atoms with Gasteiger partial charge in [0, 0.05) is 49.2 Å². The molecular weight excluding hydrogens is 264 g/mol. The first-order valence-electron chi connectivity index (χ1n) is 7.22. The Bertz CT molecular complexity index is 634. The zero-order chi connectivity index (χ0) is 14.8. The number of hydrogen-bond donors (Lipinski definition) is 0. The van der Waals surface area contributed by atoms with Gasteiger partial charge in [-0.25, -0.2) is 19.9 Å². The number of aromatic nitrogens is 4. The van der Waals surface area contributed by atoms with Gasteiger partial charge in [0.25, 0.3) is 0 Å². The standard InChI is InChI=1S/C15H20N6/c1-11-8-14(18-9-16-11)20-4-6-21(7-5-20)15-12(2)13(3)17-10-19-15/h8-10H,4-7H2,1-3H3. The van der Waals surface area contributed by atoms with Gasteiger partial charge in [-0.1, -0.05) is 0 Å². The predicted octanol–water partition coefficient (Wildman–Crippen LogP) is 1.52. The van der Waals surface area contributed by atoms with Crippen molar-refractivity contribution in [1.29, 1.82) is 0 Å². The SMILES string of the molecule is Cc1cc(N2CCN(c3ncnc(C)c3C)CC2)ncn1. The second-order valence-electron chi connectivity index (χ2n) is 5.40. The molecule has 0 amide bonds. The zero-order valence-electron chi connectivity index (χ0n) is 12.7. The van der Waals surface area contributed by atoms with Crippen molar-refractivity contribution in [2.75, 3.05) is 36.0 Å². The Morgan fingerprint density at radius 1 is 0.810 bits per heavy atom. The highest BCUT2D eigenvalue weighted by Crippen LogP contribution is 2.21. The van der Waals surface area contributed by atoms with Crippen LogP contribution in [0.2, 0.25) is 0 Å². The van der Waals surface area contributed by atoms with E-state index in [1.165, 1.54) is 5.56 Å². The average Bonchev–Trinajstić information content (AvgIpc) is 2.50. The molecule has 1 aliphatic rings. The molecule has 2 aromatic heterocycles. The molecule has 0 unspecified atom stereocenters. The summed E-state index contributed by atoms with van der Waals surface area (Å²) in [5, 5.41) is 0. The van der Waals surface area contributed by atoms with Crippen molar-refractivity contribution in [3.8, 4) is 0 Å². The van der Waals surface area contributed by atoms with Crippen LogP contribution in [0.3, 0.4) is 0 Å². The Kier molecular flexibility index (Phi) is 3.68. The molecule has 3 heterocycles. The van der Waals surface area contributed by atoms with Crippen LogP contribution in [-0.2, 0) is 0 Å². The van der Waals surface area contributed by atoms with Gasteiger partial charge in [0.2, 0.25) is 0 Å². The molecule has 0 radical (unpaired) electrons. The fourth-order valence-electron chi connectivity index (χ4n) is 2.61. The van der Waals surface area contributed by atoms with Crippen molar-refractivity contribution in [3.63, 3.8) is 0 Å². The molecule has 21 heavy (non-hydrogen) atoms. The van der Waals surface area contributed by atoms with Gasteiger partial charge >= 0.3 is 0 Å². The highest BCUT2D eigenvalue weighted by molar-refractivity contribution is 5.50. The van der Waals surface area contributed by atoms with Crippen LogP contribution in [0.5, 0.6) is 0 Å². The zero-order valence-corrected chi connectivity index (χ0v) is 12.7. The third-order valence-corrected chi connectivity index (χ3v) is 4.00. The van der Waals surface area contributed by atoms with Gasteiger partial charge in [0.1, 0.15) is 24.3 Å². The maximum Gasteiger partial charge on any atom is 0.135 e. The van der Waals surface area contributed by atoms with E-state index < -0.39 is 0 Å². The van der Waals surface area contributed by atoms with E-state index in [9.17, 15) is 0 Å². The van der Waals surface area contributed by atoms with Gasteiger partial charge in [-0.05, 0) is 20.8 Å². The molecule has 2 aromatic rings. The maximum atomic E-state index is 4.45. The second kappa shape index (κ2) is 5.63. The van der Waals surface area contributed by atoms with Crippen LogP contribution in [-0.4, -0.2) is 46.1 Å². The summed E-state index contributed by atoms with van der Waals surface area (Å²) in [5.41, 5.74) is 3.22. The van der Waals surface area contributed by atoms with Crippen LogP contribution in [0.4, 0.5) is 11.6 Å². The molecule has 6 nitrogen and oxygen atoms in total. The summed E-state index contributed by atoms with van der Waals surface area (Å²) in [6.07, 6.45) is 3.28. The minimum Gasteiger partial charge on any atom is -0.353 e. The van der Waals surface area contributed by atoms with E-state index in [2.05, 4.69) is 36.7 Å². The number of nitrogens with zero attached hydrogens (tertiary/aromatic N) is 6. The van der Waals surface area contributed by atoms with Crippen LogP contribution in [0.1, 0.15) is 17.0 Å². The van der Waals surface area contributed by atoms with Gasteiger partial charge in [-0.15, -0.1) is 0 Å². The van der Waals surface area contributed by atoms with E-state index in [0.29, 0.717) is 0 Å². The molecule has 1 aliphatic heterocycles. The molecule has 0 saturated carbocycles. The van der Waals surface area contributed by atoms with Crippen molar-refractivity contribution in [3.05, 3.63) is 35.7 Å². The fraction of sp³-hybridized carbons (Fsp3) is 0.467. The Labute approximate surface area is 124 Å². The van der Waals surface area contributed by atoms with Crippen molar-refractivity contribution < 1.29 is 0 Å². The van der Waals surface area contributed by atoms with Crippen molar-refractivity contribution in [2.24, 2.45) is 0 Å². The predicted molar refractivity (Wildman–Crippen MR) is 82.7 cm³/mol. The van der Waals surface area contributed by atoms with E-state index in [4.69, 9.17) is 0 Å². The van der Waals surface area contributed by atoms with Crippen LogP contribution in [0.15, 0.2) is 18.7 Å². The Morgan fingerprint density at radius 2 is 1.48 bits per heavy atom. The van der Waals surface area contributed by atoms with E-state index in [0.717, 1.165) is 49.2 Å². The quantitative estimate of drug-likeness (QED) is 0.833. The highest BCUT2D eigenvalue weighted by Gasteiger charge is 2.20. The molecule has 0 aliphatic carbocycles. The normalized spacial score (nSPS) is 15.4. The summed E-state index contributed by atoms with van der Waals surface area (Å²) in [6.45, 7) is 9.89. The molecule has 0 atom stereocenters. The summed E-state index contributed by atoms with van der Waals surface area (Å²) in [7, 11) is 0. The average molecular weight is 284 g/mol. The molecule has 0 spiro atoms. The van der Waals surface area contributed by atoms with Crippen molar-refractivity contribution in [2.45, 2.75) is 20.8 Å². The molecule has 110 valence electrons. The molecule has 0 bridgehead atoms. The summed E-state index contributed by atoms with van der Waals surface area (Å²) < 4.78 is 0. The number of anilines is 2. The second-order valence-corrected chi connectivity index (χ2v) is 5.40. The van der Waals surface area contributed by atoms with E-state index in [-0.39, 0.29) is 0 Å². The van der Waals surface area contributed by atoms with E-state index in [1.54, 1.807) is 12.7 Å². The lowest BCUT2D eigenvalue weighted by molar-refractivity contribution is 0.638. The minimum atomic E-state index is 0.943. The fourth-order valence-corrected chi connectivity index (χ4v) is 2.61. The summed E-state index contributed by atoms with van der Waals surface area (Å²) in [6, 6.07) is 2.04. The van der Waals surface area contributed by atoms with Gasteiger partial charge in [-0.2, -0.15) is 0 Å². The lowest BCUT2D eigenvalue weighted by Gasteiger charge is -2.36. The lowest BCUT2D eigenvalue weighted by Crippen LogP contribution is -2.47. The third kappa shape index (κ3) is 2.79. The van der Waals surface area contributed by atoms with E-state index >= 15 is 0 Å². The van der Waals surface area contributed by atoms with Crippen LogP contribution >= 0.6 is 0 Å². The molecule has 1 fully saturated rings. The molecule has 6 heteroatoms. The minimum absolute atomic E-state index is 0.943. The van der Waals surface area contributed by atoms with E-state index in [1.807, 2.05) is 19.9 Å². The molecule has 0 N–H and O–H groups in total. The third-order valence-electron chi connectivity index (χ3n) is 4.00. The molecular formula is C15H20N6. The smallest absolute Gasteiger partial charge is 0.135 e. The van der Waals surface area contributed by atoms with Gasteiger partial charge in [0.05, 0.1) is 0 Å². The van der Waals surface area contributed by atoms with Crippen molar-refractivity contribution >= 4 is 11.6 Å². The van der Waals surface area contributed by atoms with Gasteiger partial charge in [-0.3, -0.25) is 0 Å². The summed E-state index contributed by atoms with van der Waals surface area (Å²) in [5.74, 6) is 2.07. The Balaban J connectivity index is 1.72. The summed E-state index contributed by atoms with van der Waals surface area (Å²) >= 11 is 0. The first-order chi connectivity index (χ1) is 10.1. The largest absolute Gasteiger partial charge is 0.353 e. The lowest BCUT2D eigenvalue weighted by atomic mass is 10.2. The Hall–Kier alpha value is -2.24. The number of piperazine rings is 1. The first kappa shape index (κ1) is 13.7. The number of rotatable bonds is 2.